The SMILES string of the molecule is O=C(Cn1cc(NC(=O)c2ccco2)cn1)NCc1ccc(F)cc1. The number of aromatic nitrogens is 2. The third-order valence-corrected chi connectivity index (χ3v) is 3.34. The summed E-state index contributed by atoms with van der Waals surface area (Å²) in [5.74, 6) is -0.790. The fourth-order valence-electron chi connectivity index (χ4n) is 2.12. The fourth-order valence-corrected chi connectivity index (χ4v) is 2.12. The first kappa shape index (κ1) is 16.4. The lowest BCUT2D eigenvalue weighted by Gasteiger charge is -2.05. The highest BCUT2D eigenvalue weighted by Gasteiger charge is 2.11. The van der Waals surface area contributed by atoms with Crippen LogP contribution in [0.2, 0.25) is 0 Å². The molecule has 7 nitrogen and oxygen atoms in total. The van der Waals surface area contributed by atoms with Crippen LogP contribution in [0.15, 0.2) is 59.5 Å². The summed E-state index contributed by atoms with van der Waals surface area (Å²) in [7, 11) is 0. The highest BCUT2D eigenvalue weighted by molar-refractivity contribution is 6.02. The van der Waals surface area contributed by atoms with Crippen molar-refractivity contribution in [1.82, 2.24) is 15.1 Å². The molecule has 2 aromatic heterocycles. The number of nitrogens with one attached hydrogen (secondary N) is 2. The maximum absolute atomic E-state index is 12.8. The zero-order chi connectivity index (χ0) is 17.6. The Morgan fingerprint density at radius 2 is 2.00 bits per heavy atom. The first-order valence-corrected chi connectivity index (χ1v) is 7.48. The van der Waals surface area contributed by atoms with E-state index in [1.807, 2.05) is 0 Å². The van der Waals surface area contributed by atoms with Gasteiger partial charge in [-0.15, -0.1) is 0 Å². The Balaban J connectivity index is 1.49. The van der Waals surface area contributed by atoms with Crippen molar-refractivity contribution in [3.8, 4) is 0 Å². The molecule has 3 aromatic rings. The maximum atomic E-state index is 12.8. The molecule has 25 heavy (non-hydrogen) atoms. The average molecular weight is 342 g/mol. The van der Waals surface area contributed by atoms with E-state index >= 15 is 0 Å². The van der Waals surface area contributed by atoms with E-state index < -0.39 is 5.91 Å². The minimum absolute atomic E-state index is 0.00217. The Labute approximate surface area is 142 Å². The average Bonchev–Trinajstić information content (AvgIpc) is 3.26. The van der Waals surface area contributed by atoms with E-state index in [2.05, 4.69) is 15.7 Å². The highest BCUT2D eigenvalue weighted by atomic mass is 19.1. The van der Waals surface area contributed by atoms with Gasteiger partial charge in [-0.25, -0.2) is 4.39 Å². The second-order valence-corrected chi connectivity index (χ2v) is 5.26. The van der Waals surface area contributed by atoms with Crippen LogP contribution in [-0.2, 0) is 17.9 Å². The number of rotatable bonds is 6. The molecule has 0 saturated carbocycles. The summed E-state index contributed by atoms with van der Waals surface area (Å²) in [6.45, 7) is 0.292. The van der Waals surface area contributed by atoms with Crippen molar-refractivity contribution in [2.45, 2.75) is 13.1 Å². The summed E-state index contributed by atoms with van der Waals surface area (Å²) >= 11 is 0. The van der Waals surface area contributed by atoms with Gasteiger partial charge in [0.25, 0.3) is 5.91 Å². The Hall–Kier alpha value is -3.42. The third-order valence-electron chi connectivity index (χ3n) is 3.34. The van der Waals surface area contributed by atoms with Crippen molar-refractivity contribution >= 4 is 17.5 Å². The van der Waals surface area contributed by atoms with E-state index in [0.717, 1.165) is 5.56 Å². The summed E-state index contributed by atoms with van der Waals surface area (Å²) in [6.07, 6.45) is 4.39. The van der Waals surface area contributed by atoms with Gasteiger partial charge in [-0.3, -0.25) is 14.3 Å². The van der Waals surface area contributed by atoms with E-state index in [1.165, 1.54) is 35.5 Å². The van der Waals surface area contributed by atoms with Crippen LogP contribution in [0, 0.1) is 5.82 Å². The number of amides is 2. The van der Waals surface area contributed by atoms with Crippen molar-refractivity contribution in [3.05, 3.63) is 72.2 Å². The van der Waals surface area contributed by atoms with Gasteiger partial charge in [0.15, 0.2) is 5.76 Å². The lowest BCUT2D eigenvalue weighted by atomic mass is 10.2. The molecule has 0 atom stereocenters. The number of anilines is 1. The van der Waals surface area contributed by atoms with E-state index in [4.69, 9.17) is 4.42 Å². The number of nitrogens with zero attached hydrogens (tertiary/aromatic N) is 2. The number of halogens is 1. The Bertz CT molecular complexity index is 856. The lowest BCUT2D eigenvalue weighted by Crippen LogP contribution is -2.27. The molecule has 0 spiro atoms. The standard InChI is InChI=1S/C17H15FN4O3/c18-13-5-3-12(4-6-13)8-19-16(23)11-22-10-14(9-20-22)21-17(24)15-2-1-7-25-15/h1-7,9-10H,8,11H2,(H,19,23)(H,21,24). The monoisotopic (exact) mass is 342 g/mol. The zero-order valence-electron chi connectivity index (χ0n) is 13.1. The van der Waals surface area contributed by atoms with Crippen molar-refractivity contribution in [2.24, 2.45) is 0 Å². The Morgan fingerprint density at radius 3 is 2.72 bits per heavy atom. The predicted molar refractivity (Wildman–Crippen MR) is 87.1 cm³/mol. The van der Waals surface area contributed by atoms with Crippen LogP contribution in [0.3, 0.4) is 0 Å². The summed E-state index contributed by atoms with van der Waals surface area (Å²) in [5, 5.41) is 9.35. The van der Waals surface area contributed by atoms with Gasteiger partial charge in [-0.05, 0) is 29.8 Å². The molecule has 0 aliphatic heterocycles. The predicted octanol–water partition coefficient (Wildman–Crippen LogP) is 2.18. The van der Waals surface area contributed by atoms with Gasteiger partial charge < -0.3 is 15.1 Å². The van der Waals surface area contributed by atoms with Crippen LogP contribution in [0.1, 0.15) is 16.1 Å². The van der Waals surface area contributed by atoms with Crippen molar-refractivity contribution in [3.63, 3.8) is 0 Å². The molecule has 2 amide bonds. The molecular formula is C17H15FN4O3. The van der Waals surface area contributed by atoms with Crippen molar-refractivity contribution < 1.29 is 18.4 Å². The molecule has 2 heterocycles. The first-order valence-electron chi connectivity index (χ1n) is 7.48. The number of carbonyl (C=O) groups excluding carboxylic acids is 2. The summed E-state index contributed by atoms with van der Waals surface area (Å²) in [4.78, 5) is 23.8. The van der Waals surface area contributed by atoms with Crippen LogP contribution in [0.4, 0.5) is 10.1 Å². The Morgan fingerprint density at radius 1 is 1.20 bits per heavy atom. The number of hydrogen-bond donors (Lipinski definition) is 2. The van der Waals surface area contributed by atoms with Crippen LogP contribution in [0.5, 0.6) is 0 Å². The normalized spacial score (nSPS) is 10.4. The number of hydrogen-bond acceptors (Lipinski definition) is 4. The highest BCUT2D eigenvalue weighted by Crippen LogP contribution is 2.09. The number of furan rings is 1. The molecule has 3 rings (SSSR count). The smallest absolute Gasteiger partial charge is 0.291 e. The quantitative estimate of drug-likeness (QED) is 0.719. The molecule has 2 N–H and O–H groups in total. The molecule has 0 bridgehead atoms. The van der Waals surface area contributed by atoms with Crippen LogP contribution < -0.4 is 10.6 Å². The zero-order valence-corrected chi connectivity index (χ0v) is 13.1. The molecule has 0 saturated heterocycles. The second-order valence-electron chi connectivity index (χ2n) is 5.26. The van der Waals surface area contributed by atoms with Gasteiger partial charge in [-0.1, -0.05) is 12.1 Å². The molecular weight excluding hydrogens is 327 g/mol. The lowest BCUT2D eigenvalue weighted by molar-refractivity contribution is -0.122. The number of carbonyl (C=O) groups is 2. The van der Waals surface area contributed by atoms with E-state index in [-0.39, 0.29) is 24.0 Å². The molecule has 0 unspecified atom stereocenters. The van der Waals surface area contributed by atoms with Gasteiger partial charge in [0.1, 0.15) is 12.4 Å². The van der Waals surface area contributed by atoms with Crippen LogP contribution in [-0.4, -0.2) is 21.6 Å². The fraction of sp³-hybridized carbons (Fsp3) is 0.118. The molecule has 0 radical (unpaired) electrons. The van der Waals surface area contributed by atoms with Gasteiger partial charge in [0, 0.05) is 12.7 Å². The largest absolute Gasteiger partial charge is 0.459 e. The third kappa shape index (κ3) is 4.54. The van der Waals surface area contributed by atoms with Gasteiger partial charge in [0.2, 0.25) is 5.91 Å². The van der Waals surface area contributed by atoms with Gasteiger partial charge >= 0.3 is 0 Å². The molecule has 1 aromatic carbocycles. The van der Waals surface area contributed by atoms with E-state index in [0.29, 0.717) is 12.2 Å². The van der Waals surface area contributed by atoms with Crippen LogP contribution in [0.25, 0.3) is 0 Å². The molecule has 0 fully saturated rings. The Kier molecular flexibility index (Phi) is 4.89. The molecule has 0 aliphatic rings. The summed E-state index contributed by atoms with van der Waals surface area (Å²) < 4.78 is 19.2. The second kappa shape index (κ2) is 7.43. The number of benzene rings is 1. The van der Waals surface area contributed by atoms with Gasteiger partial charge in [-0.2, -0.15) is 5.10 Å². The first-order chi connectivity index (χ1) is 12.1. The molecule has 8 heteroatoms. The minimum atomic E-state index is -0.398. The maximum Gasteiger partial charge on any atom is 0.291 e. The summed E-state index contributed by atoms with van der Waals surface area (Å²) in [6, 6.07) is 9.04. The topological polar surface area (TPSA) is 89.2 Å². The van der Waals surface area contributed by atoms with E-state index in [9.17, 15) is 14.0 Å². The molecule has 128 valence electrons. The van der Waals surface area contributed by atoms with Crippen LogP contribution >= 0.6 is 0 Å². The summed E-state index contributed by atoms with van der Waals surface area (Å²) in [5.41, 5.74) is 1.24. The van der Waals surface area contributed by atoms with Crippen molar-refractivity contribution in [2.75, 3.05) is 5.32 Å². The van der Waals surface area contributed by atoms with Crippen molar-refractivity contribution in [1.29, 1.82) is 0 Å². The van der Waals surface area contributed by atoms with E-state index in [1.54, 1.807) is 24.3 Å². The minimum Gasteiger partial charge on any atom is -0.459 e. The van der Waals surface area contributed by atoms with Gasteiger partial charge in [0.05, 0.1) is 18.1 Å². The molecule has 0 aliphatic carbocycles.